The molecule has 144 heavy (non-hydrogen) atoms. The fraction of sp³-hybridized carbons (Fsp3) is 0.229. The van der Waals surface area contributed by atoms with Crippen LogP contribution in [-0.2, 0) is 115 Å². The number of ether oxygens (including phenoxy) is 6. The fourth-order valence-corrected chi connectivity index (χ4v) is 19.7. The quantitative estimate of drug-likeness (QED) is 0.0296. The normalized spacial score (nSPS) is 12.5. The van der Waals surface area contributed by atoms with Crippen molar-refractivity contribution >= 4 is 57.7 Å². The zero-order valence-corrected chi connectivity index (χ0v) is 86.5. The maximum atomic E-state index is 10.5. The van der Waals surface area contributed by atoms with E-state index in [4.69, 9.17) is 73.6 Å². The van der Waals surface area contributed by atoms with Gasteiger partial charge < -0.3 is 52.1 Å². The first-order chi connectivity index (χ1) is 69.2. The standard InChI is InChI=1S/C118H109N19O6.Zn/c1-116(2,3)88-55-76-49-82-61-91(128-131-119)63-84(110(82)138-13)51-78-57-89(117(4,5)6)59-80(114(78)142-69-104-122-44-47-135(104)11)53-86-65-93(66-87(112(86)140-15)54-81-60-90(118(7,8)9)58-79(115(81)143-70-105-123-45-48-136(105)12)52-85-64-92(129-132-120)62-83(111(85)139-14)50-77(56-88)113(76)141-68-103-121-43-46-134(103)10)137-67-102(130-133-137)71-31-33-75(34-32-71)109-100-41-39-98(126-100)107(73-27-21-17-22-28-73)96-37-35-94(124-96)106(72-25-19-16-20-26-72)95-36-38-97(125-95)108(74-29-23-18-24-30-74)99-40-42-101(109)127-99;/h16-48,55-67H,49-54,68-70H2,1-15H3;/q-2;+2. The Bertz CT molecular complexity index is 7880. The van der Waals surface area contributed by atoms with E-state index in [9.17, 15) is 11.1 Å². The molecule has 25 nitrogen and oxygen atoms in total. The van der Waals surface area contributed by atoms with Gasteiger partial charge >= 0.3 is 19.5 Å². The van der Waals surface area contributed by atoms with Gasteiger partial charge in [0.15, 0.2) is 0 Å². The second kappa shape index (κ2) is 40.3. The average molecular weight is 1950 g/mol. The molecule has 0 N–H and O–H groups in total. The number of fused-ring (bicyclic) bond motifs is 20. The molecule has 2 aliphatic heterocycles. The molecule has 10 aromatic carbocycles. The Hall–Kier alpha value is -16.4. The van der Waals surface area contributed by atoms with Crippen LogP contribution in [0.15, 0.2) is 266 Å². The summed E-state index contributed by atoms with van der Waals surface area (Å²) >= 11 is 0. The first kappa shape index (κ1) is 96.5. The van der Waals surface area contributed by atoms with Crippen molar-refractivity contribution in [3.63, 3.8) is 0 Å². The first-order valence-corrected chi connectivity index (χ1v) is 47.9. The van der Waals surface area contributed by atoms with E-state index >= 15 is 0 Å². The molecular formula is C118H109N19O6Zn. The number of aromatic nitrogens is 13. The third-order valence-electron chi connectivity index (χ3n) is 27.1. The molecule has 0 amide bonds. The number of hydrogen-bond acceptors (Lipinski definition) is 15. The van der Waals surface area contributed by atoms with Crippen LogP contribution in [0.5, 0.6) is 34.5 Å². The van der Waals surface area contributed by atoms with Crippen LogP contribution in [0.1, 0.15) is 186 Å². The minimum absolute atomic E-state index is 0. The second-order valence-corrected chi connectivity index (χ2v) is 39.8. The van der Waals surface area contributed by atoms with Crippen molar-refractivity contribution in [1.82, 2.24) is 63.6 Å². The van der Waals surface area contributed by atoms with E-state index < -0.39 is 16.2 Å². The number of methoxy groups -OCH3 is 3. The number of benzene rings is 10. The molecule has 0 unspecified atom stereocenters. The van der Waals surface area contributed by atoms with Crippen molar-refractivity contribution in [3.8, 4) is 95.9 Å². The molecule has 0 fully saturated rings. The molecule has 3 aliphatic rings. The smallest absolute Gasteiger partial charge is 0.657 e. The van der Waals surface area contributed by atoms with E-state index in [0.717, 1.165) is 178 Å². The van der Waals surface area contributed by atoms with Crippen molar-refractivity contribution in [3.05, 3.63) is 400 Å². The van der Waals surface area contributed by atoms with Gasteiger partial charge in [0.25, 0.3) is 0 Å². The van der Waals surface area contributed by atoms with Gasteiger partial charge in [-0.3, -0.25) is 0 Å². The molecule has 17 aromatic rings. The van der Waals surface area contributed by atoms with E-state index in [1.807, 2.05) is 131 Å². The van der Waals surface area contributed by atoms with Crippen LogP contribution in [0.25, 0.3) is 129 Å². The van der Waals surface area contributed by atoms with Gasteiger partial charge in [-0.15, -0.1) is 27.2 Å². The van der Waals surface area contributed by atoms with E-state index in [1.165, 1.54) is 0 Å². The monoisotopic (exact) mass is 1950 g/mol. The molecule has 714 valence electrons. The third kappa shape index (κ3) is 19.8. The number of rotatable bonds is 20. The van der Waals surface area contributed by atoms with Crippen molar-refractivity contribution in [2.24, 2.45) is 31.4 Å². The Kier molecular flexibility index (Phi) is 27.0. The summed E-state index contributed by atoms with van der Waals surface area (Å²) in [6, 6.07) is 73.1. The van der Waals surface area contributed by atoms with Crippen LogP contribution in [0.2, 0.25) is 0 Å². The molecular weight excluding hydrogens is 1840 g/mol. The summed E-state index contributed by atoms with van der Waals surface area (Å²) in [5.41, 5.74) is 48.7. The van der Waals surface area contributed by atoms with E-state index in [-0.39, 0.29) is 77.8 Å². The Balaban J connectivity index is 0.0000131. The maximum absolute atomic E-state index is 10.5. The molecule has 7 aromatic heterocycles. The predicted molar refractivity (Wildman–Crippen MR) is 564 cm³/mol. The number of hydrogen-bond donors (Lipinski definition) is 0. The van der Waals surface area contributed by atoms with Crippen LogP contribution < -0.4 is 38.4 Å². The van der Waals surface area contributed by atoms with Gasteiger partial charge in [0.2, 0.25) is 0 Å². The van der Waals surface area contributed by atoms with E-state index in [2.05, 4.69) is 252 Å². The summed E-state index contributed by atoms with van der Waals surface area (Å²) in [7, 11) is 11.0. The molecule has 0 spiro atoms. The first-order valence-electron chi connectivity index (χ1n) is 47.9. The maximum Gasteiger partial charge on any atom is 2.00 e. The molecule has 0 saturated heterocycles. The minimum Gasteiger partial charge on any atom is -0.657 e. The van der Waals surface area contributed by atoms with Crippen LogP contribution >= 0.6 is 0 Å². The van der Waals surface area contributed by atoms with Crippen molar-refractivity contribution in [2.45, 2.75) is 137 Å². The van der Waals surface area contributed by atoms with Crippen molar-refractivity contribution < 1.29 is 47.9 Å². The molecule has 0 radical (unpaired) electrons. The summed E-state index contributed by atoms with van der Waals surface area (Å²) < 4.78 is 50.3. The summed E-state index contributed by atoms with van der Waals surface area (Å²) in [4.78, 5) is 43.4. The van der Waals surface area contributed by atoms with Crippen molar-refractivity contribution in [1.29, 1.82) is 0 Å². The number of azide groups is 2. The molecule has 26 heteroatoms. The summed E-state index contributed by atoms with van der Waals surface area (Å²) in [6.45, 7) is 20.2. The minimum atomic E-state index is -0.432. The number of nitrogens with zero attached hydrogens (tertiary/aromatic N) is 19. The average Bonchev–Trinajstić information content (AvgIpc) is 1.42. The molecule has 20 rings (SSSR count). The molecule has 1 aliphatic carbocycles. The molecule has 20 bridgehead atoms. The second-order valence-electron chi connectivity index (χ2n) is 39.8. The van der Waals surface area contributed by atoms with Gasteiger partial charge in [0, 0.05) is 135 Å². The van der Waals surface area contributed by atoms with Gasteiger partial charge in [0.05, 0.1) is 56.0 Å². The molecule has 9 heterocycles. The van der Waals surface area contributed by atoms with E-state index in [0.29, 0.717) is 74.7 Å². The number of imidazole rings is 3. The van der Waals surface area contributed by atoms with Gasteiger partial charge in [-0.1, -0.05) is 254 Å². The van der Waals surface area contributed by atoms with Crippen LogP contribution in [0.3, 0.4) is 0 Å². The van der Waals surface area contributed by atoms with Gasteiger partial charge in [-0.25, -0.2) is 29.6 Å². The van der Waals surface area contributed by atoms with Gasteiger partial charge in [-0.05, 0) is 205 Å². The topological polar surface area (TPSA) is 291 Å². The SMILES string of the molecule is COc1c2cc(N=[N+]=[N-])cc1Cc1cc(C(C)(C)C)cc(c1OCc1nccn1C)Cc1cc(-n3cc(-c4ccc(-c5c6nc(c(-c7ccccc7)c7ccc([n-]7)c(-c7ccccc7)c7nc(c(-c8ccccc8)c8ccc5[n-]8)C=C7)C=C6)cc4)nn3)cc(c1OC)Cc1cc(C(C)(C)C)cc(c1OCc1nccn1C)Cc1cc(N=[N+]=[N-])cc(c1OC)Cc1cc(C(C)(C)C)cc(c1OCc1nccn1C)C2.[Zn+2]. The summed E-state index contributed by atoms with van der Waals surface area (Å²) in [6.07, 6.45) is 22.9. The van der Waals surface area contributed by atoms with Gasteiger partial charge in [-0.2, -0.15) is 0 Å². The van der Waals surface area contributed by atoms with Crippen LogP contribution in [0.4, 0.5) is 11.4 Å². The number of aryl methyl sites for hydroxylation is 3. The Morgan fingerprint density at radius 1 is 0.347 bits per heavy atom. The third-order valence-corrected chi connectivity index (χ3v) is 27.1. The zero-order chi connectivity index (χ0) is 99.1. The van der Waals surface area contributed by atoms with Crippen molar-refractivity contribution in [2.75, 3.05) is 21.3 Å². The zero-order valence-electron chi connectivity index (χ0n) is 83.6. The Morgan fingerprint density at radius 3 is 0.882 bits per heavy atom. The van der Waals surface area contributed by atoms with Crippen LogP contribution in [-0.4, -0.2) is 74.9 Å². The predicted octanol–water partition coefficient (Wildman–Crippen LogP) is 26.4. The Morgan fingerprint density at radius 2 is 0.618 bits per heavy atom. The molecule has 0 saturated carbocycles. The Labute approximate surface area is 849 Å². The summed E-state index contributed by atoms with van der Waals surface area (Å²) in [5, 5.41) is 18.9. The molecule has 0 atom stereocenters. The van der Waals surface area contributed by atoms with Gasteiger partial charge in [0.1, 0.15) is 77.5 Å². The fourth-order valence-electron chi connectivity index (χ4n) is 19.7. The van der Waals surface area contributed by atoms with Crippen LogP contribution in [0, 0.1) is 0 Å². The van der Waals surface area contributed by atoms with E-state index in [1.54, 1.807) is 39.9 Å². The summed E-state index contributed by atoms with van der Waals surface area (Å²) in [5.74, 6) is 5.71. The largest absolute Gasteiger partial charge is 2.00 e.